The molecule has 2 aromatic rings. The molecular formula is C18H21BrO2. The molecule has 0 spiro atoms. The van der Waals surface area contributed by atoms with E-state index in [1.54, 1.807) is 7.11 Å². The van der Waals surface area contributed by atoms with Gasteiger partial charge < -0.3 is 9.84 Å². The summed E-state index contributed by atoms with van der Waals surface area (Å²) in [4.78, 5) is 0. The van der Waals surface area contributed by atoms with Gasteiger partial charge in [0.05, 0.1) is 13.7 Å². The van der Waals surface area contributed by atoms with E-state index in [1.165, 1.54) is 0 Å². The highest BCUT2D eigenvalue weighted by Crippen LogP contribution is 2.35. The Labute approximate surface area is 134 Å². The summed E-state index contributed by atoms with van der Waals surface area (Å²) in [6.45, 7) is 2.23. The van der Waals surface area contributed by atoms with E-state index in [0.717, 1.165) is 34.2 Å². The van der Waals surface area contributed by atoms with Gasteiger partial charge in [-0.25, -0.2) is 0 Å². The van der Waals surface area contributed by atoms with Crippen molar-refractivity contribution in [2.75, 3.05) is 13.7 Å². The molecule has 112 valence electrons. The van der Waals surface area contributed by atoms with Crippen LogP contribution in [0.3, 0.4) is 0 Å². The van der Waals surface area contributed by atoms with Crippen molar-refractivity contribution in [2.24, 2.45) is 0 Å². The number of benzene rings is 2. The summed E-state index contributed by atoms with van der Waals surface area (Å²) in [6, 6.07) is 16.2. The first-order valence-corrected chi connectivity index (χ1v) is 7.93. The predicted octanol–water partition coefficient (Wildman–Crippen LogP) is 4.34. The molecule has 0 aliphatic carbocycles. The molecule has 2 nitrogen and oxygen atoms in total. The molecule has 0 aliphatic heterocycles. The summed E-state index contributed by atoms with van der Waals surface area (Å²) in [5.41, 5.74) is 1.98. The second-order valence-corrected chi connectivity index (χ2v) is 6.21. The lowest BCUT2D eigenvalue weighted by Gasteiger charge is -2.32. The molecule has 0 heterocycles. The number of hydrogen-bond donors (Lipinski definition) is 1. The molecule has 0 amide bonds. The van der Waals surface area contributed by atoms with Gasteiger partial charge in [0.25, 0.3) is 0 Å². The summed E-state index contributed by atoms with van der Waals surface area (Å²) in [5, 5.41) is 10.1. The first-order valence-electron chi connectivity index (χ1n) is 7.14. The fourth-order valence-corrected chi connectivity index (χ4v) is 3.14. The summed E-state index contributed by atoms with van der Waals surface area (Å²) in [6.07, 6.45) is 1.61. The third-order valence-electron chi connectivity index (χ3n) is 4.14. The number of rotatable bonds is 6. The second kappa shape index (κ2) is 7.10. The summed E-state index contributed by atoms with van der Waals surface area (Å²) >= 11 is 3.52. The van der Waals surface area contributed by atoms with E-state index in [-0.39, 0.29) is 12.0 Å². The number of ether oxygens (including phenoxy) is 1. The molecule has 0 saturated heterocycles. The highest BCUT2D eigenvalue weighted by molar-refractivity contribution is 9.10. The SMILES string of the molecule is CCC(CO)(Cc1cc(Br)ccc1OC)c1ccccc1. The Morgan fingerprint density at radius 2 is 1.86 bits per heavy atom. The zero-order valence-corrected chi connectivity index (χ0v) is 14.1. The lowest BCUT2D eigenvalue weighted by atomic mass is 9.74. The van der Waals surface area contributed by atoms with Gasteiger partial charge in [-0.15, -0.1) is 0 Å². The van der Waals surface area contributed by atoms with Gasteiger partial charge in [0.1, 0.15) is 5.75 Å². The molecule has 0 fully saturated rings. The zero-order valence-electron chi connectivity index (χ0n) is 12.5. The van der Waals surface area contributed by atoms with Crippen molar-refractivity contribution >= 4 is 15.9 Å². The molecule has 0 aliphatic rings. The quantitative estimate of drug-likeness (QED) is 0.841. The van der Waals surface area contributed by atoms with Gasteiger partial charge in [0, 0.05) is 9.89 Å². The maximum Gasteiger partial charge on any atom is 0.122 e. The van der Waals surface area contributed by atoms with Crippen molar-refractivity contribution in [1.29, 1.82) is 0 Å². The van der Waals surface area contributed by atoms with Gasteiger partial charge in [-0.2, -0.15) is 0 Å². The summed E-state index contributed by atoms with van der Waals surface area (Å²) < 4.78 is 6.49. The highest BCUT2D eigenvalue weighted by Gasteiger charge is 2.31. The Kier molecular flexibility index (Phi) is 5.43. The van der Waals surface area contributed by atoms with Crippen LogP contribution in [0.5, 0.6) is 5.75 Å². The number of aliphatic hydroxyl groups excluding tert-OH is 1. The highest BCUT2D eigenvalue weighted by atomic mass is 79.9. The molecule has 0 saturated carbocycles. The van der Waals surface area contributed by atoms with Crippen molar-refractivity contribution in [3.63, 3.8) is 0 Å². The van der Waals surface area contributed by atoms with E-state index in [9.17, 15) is 5.11 Å². The lowest BCUT2D eigenvalue weighted by Crippen LogP contribution is -2.32. The van der Waals surface area contributed by atoms with Crippen LogP contribution in [0.1, 0.15) is 24.5 Å². The van der Waals surface area contributed by atoms with Crippen LogP contribution in [-0.2, 0) is 11.8 Å². The van der Waals surface area contributed by atoms with Crippen molar-refractivity contribution in [3.8, 4) is 5.75 Å². The van der Waals surface area contributed by atoms with Crippen LogP contribution in [0, 0.1) is 0 Å². The molecule has 2 aromatic carbocycles. The summed E-state index contributed by atoms with van der Waals surface area (Å²) in [7, 11) is 1.68. The lowest BCUT2D eigenvalue weighted by molar-refractivity contribution is 0.185. The van der Waals surface area contributed by atoms with Gasteiger partial charge >= 0.3 is 0 Å². The van der Waals surface area contributed by atoms with Crippen molar-refractivity contribution < 1.29 is 9.84 Å². The van der Waals surface area contributed by atoms with E-state index in [1.807, 2.05) is 30.3 Å². The molecule has 1 N–H and O–H groups in total. The van der Waals surface area contributed by atoms with E-state index >= 15 is 0 Å². The average molecular weight is 349 g/mol. The van der Waals surface area contributed by atoms with Crippen LogP contribution in [0.25, 0.3) is 0 Å². The van der Waals surface area contributed by atoms with Crippen LogP contribution in [0.4, 0.5) is 0 Å². The standard InChI is InChI=1S/C18H21BrO2/c1-3-18(13-20,15-7-5-4-6-8-15)12-14-11-16(19)9-10-17(14)21-2/h4-11,20H,3,12-13H2,1-2H3. The molecule has 1 atom stereocenters. The predicted molar refractivity (Wildman–Crippen MR) is 89.9 cm³/mol. The zero-order chi connectivity index (χ0) is 15.3. The Hall–Kier alpha value is -1.32. The maximum atomic E-state index is 10.1. The van der Waals surface area contributed by atoms with Crippen LogP contribution in [0.2, 0.25) is 0 Å². The molecular weight excluding hydrogens is 328 g/mol. The van der Waals surface area contributed by atoms with Crippen molar-refractivity contribution in [1.82, 2.24) is 0 Å². The number of aliphatic hydroxyl groups is 1. The number of hydrogen-bond acceptors (Lipinski definition) is 2. The van der Waals surface area contributed by atoms with Gasteiger partial charge in [0.15, 0.2) is 0 Å². The third kappa shape index (κ3) is 3.47. The van der Waals surface area contributed by atoms with Gasteiger partial charge in [0.2, 0.25) is 0 Å². The van der Waals surface area contributed by atoms with Gasteiger partial charge in [-0.1, -0.05) is 53.2 Å². The van der Waals surface area contributed by atoms with Crippen molar-refractivity contribution in [2.45, 2.75) is 25.2 Å². The topological polar surface area (TPSA) is 29.5 Å². The Balaban J connectivity index is 2.44. The van der Waals surface area contributed by atoms with E-state index in [2.05, 4.69) is 41.1 Å². The molecule has 0 bridgehead atoms. The smallest absolute Gasteiger partial charge is 0.122 e. The van der Waals surface area contributed by atoms with Crippen LogP contribution in [0.15, 0.2) is 53.0 Å². The molecule has 2 rings (SSSR count). The maximum absolute atomic E-state index is 10.1. The largest absolute Gasteiger partial charge is 0.496 e. The molecule has 21 heavy (non-hydrogen) atoms. The van der Waals surface area contributed by atoms with Gasteiger partial charge in [-0.3, -0.25) is 0 Å². The van der Waals surface area contributed by atoms with E-state index < -0.39 is 0 Å². The number of methoxy groups -OCH3 is 1. The minimum absolute atomic E-state index is 0.114. The first-order chi connectivity index (χ1) is 10.1. The van der Waals surface area contributed by atoms with E-state index in [4.69, 9.17) is 4.74 Å². The van der Waals surface area contributed by atoms with Crippen LogP contribution < -0.4 is 4.74 Å². The van der Waals surface area contributed by atoms with E-state index in [0.29, 0.717) is 0 Å². The van der Waals surface area contributed by atoms with Crippen LogP contribution >= 0.6 is 15.9 Å². The molecule has 0 radical (unpaired) electrons. The molecule has 0 aromatic heterocycles. The Morgan fingerprint density at radius 1 is 1.14 bits per heavy atom. The fourth-order valence-electron chi connectivity index (χ4n) is 2.73. The monoisotopic (exact) mass is 348 g/mol. The molecule has 1 unspecified atom stereocenters. The minimum atomic E-state index is -0.282. The number of halogens is 1. The fraction of sp³-hybridized carbons (Fsp3) is 0.333. The summed E-state index contributed by atoms with van der Waals surface area (Å²) in [5.74, 6) is 0.861. The van der Waals surface area contributed by atoms with Crippen molar-refractivity contribution in [3.05, 3.63) is 64.1 Å². The Bertz CT molecular complexity index is 577. The third-order valence-corrected chi connectivity index (χ3v) is 4.63. The first kappa shape index (κ1) is 16.1. The van der Waals surface area contributed by atoms with Crippen LogP contribution in [-0.4, -0.2) is 18.8 Å². The Morgan fingerprint density at radius 3 is 2.43 bits per heavy atom. The molecule has 3 heteroatoms. The average Bonchev–Trinajstić information content (AvgIpc) is 2.54. The second-order valence-electron chi connectivity index (χ2n) is 5.29. The minimum Gasteiger partial charge on any atom is -0.496 e. The van der Waals surface area contributed by atoms with Gasteiger partial charge in [-0.05, 0) is 42.2 Å². The normalized spacial score (nSPS) is 13.7.